The molecule has 4 rings (SSSR count). The number of aromatic nitrogens is 1. The third-order valence-corrected chi connectivity index (χ3v) is 4.98. The molecule has 4 aromatic rings. The number of hydrogen-bond donors (Lipinski definition) is 2. The summed E-state index contributed by atoms with van der Waals surface area (Å²) >= 11 is 0. The molecule has 0 saturated heterocycles. The van der Waals surface area contributed by atoms with Gasteiger partial charge in [0.25, 0.3) is 5.91 Å². The van der Waals surface area contributed by atoms with Crippen LogP contribution in [0.3, 0.4) is 0 Å². The second-order valence-corrected chi connectivity index (χ2v) is 7.08. The van der Waals surface area contributed by atoms with Gasteiger partial charge in [0, 0.05) is 23.3 Å². The zero-order valence-electron chi connectivity index (χ0n) is 17.6. The van der Waals surface area contributed by atoms with Gasteiger partial charge in [0.05, 0.1) is 25.5 Å². The van der Waals surface area contributed by atoms with Crippen LogP contribution in [0.4, 0.5) is 17.2 Å². The lowest BCUT2D eigenvalue weighted by Crippen LogP contribution is -2.14. The molecule has 0 spiro atoms. The van der Waals surface area contributed by atoms with Gasteiger partial charge in [0.2, 0.25) is 0 Å². The second-order valence-electron chi connectivity index (χ2n) is 7.08. The largest absolute Gasteiger partial charge is 0.497 e. The number of anilines is 3. The molecule has 0 atom stereocenters. The normalized spacial score (nSPS) is 10.5. The Hall–Kier alpha value is -4.06. The molecule has 6 nitrogen and oxygen atoms in total. The molecular formula is C25H23N3O3. The fourth-order valence-electron chi connectivity index (χ4n) is 3.42. The summed E-state index contributed by atoms with van der Waals surface area (Å²) < 4.78 is 10.7. The number of amides is 1. The van der Waals surface area contributed by atoms with Crippen LogP contribution in [0.5, 0.6) is 11.5 Å². The van der Waals surface area contributed by atoms with Crippen LogP contribution in [0.25, 0.3) is 10.8 Å². The molecule has 0 unspecified atom stereocenters. The predicted octanol–water partition coefficient (Wildman–Crippen LogP) is 5.56. The quantitative estimate of drug-likeness (QED) is 0.433. The molecule has 156 valence electrons. The number of ether oxygens (including phenoxy) is 2. The van der Waals surface area contributed by atoms with Crippen LogP contribution < -0.4 is 20.1 Å². The number of benzene rings is 3. The molecule has 0 aliphatic carbocycles. The van der Waals surface area contributed by atoms with Gasteiger partial charge in [0.15, 0.2) is 0 Å². The SMILES string of the molecule is COc1cccc(Nc2ncc(C(=O)Nc3cc(C)ccc3OC)c3ccccc23)c1. The molecule has 0 radical (unpaired) electrons. The molecule has 0 fully saturated rings. The monoisotopic (exact) mass is 413 g/mol. The van der Waals surface area contributed by atoms with Crippen molar-refractivity contribution in [2.45, 2.75) is 6.92 Å². The minimum Gasteiger partial charge on any atom is -0.497 e. The van der Waals surface area contributed by atoms with Crippen LogP contribution in [0.2, 0.25) is 0 Å². The highest BCUT2D eigenvalue weighted by Crippen LogP contribution is 2.30. The van der Waals surface area contributed by atoms with Gasteiger partial charge in [-0.05, 0) is 42.1 Å². The van der Waals surface area contributed by atoms with Crippen LogP contribution in [0.1, 0.15) is 15.9 Å². The Kier molecular flexibility index (Phi) is 5.71. The van der Waals surface area contributed by atoms with Crippen molar-refractivity contribution in [2.24, 2.45) is 0 Å². The zero-order valence-corrected chi connectivity index (χ0v) is 17.6. The molecule has 3 aromatic carbocycles. The molecule has 31 heavy (non-hydrogen) atoms. The minimum atomic E-state index is -0.250. The Labute approximate surface area is 180 Å². The van der Waals surface area contributed by atoms with Gasteiger partial charge in [-0.15, -0.1) is 0 Å². The lowest BCUT2D eigenvalue weighted by Gasteiger charge is -2.14. The fraction of sp³-hybridized carbons (Fsp3) is 0.120. The first kappa shape index (κ1) is 20.2. The molecule has 0 aliphatic rings. The van der Waals surface area contributed by atoms with E-state index >= 15 is 0 Å². The minimum absolute atomic E-state index is 0.250. The summed E-state index contributed by atoms with van der Waals surface area (Å²) in [4.78, 5) is 17.7. The van der Waals surface area contributed by atoms with E-state index in [2.05, 4.69) is 15.6 Å². The summed E-state index contributed by atoms with van der Waals surface area (Å²) in [5.41, 5.74) is 2.97. The number of carbonyl (C=O) groups excluding carboxylic acids is 1. The molecule has 1 heterocycles. The Morgan fingerprint density at radius 3 is 2.48 bits per heavy atom. The van der Waals surface area contributed by atoms with E-state index in [1.807, 2.05) is 73.7 Å². The highest BCUT2D eigenvalue weighted by atomic mass is 16.5. The van der Waals surface area contributed by atoms with Crippen molar-refractivity contribution >= 4 is 33.9 Å². The molecule has 1 aromatic heterocycles. The standard InChI is InChI=1S/C25H23N3O3/c1-16-11-12-23(31-3)22(13-16)28-25(29)21-15-26-24(20-10-5-4-9-19(20)21)27-17-7-6-8-18(14-17)30-2/h4-15H,1-3H3,(H,26,27)(H,28,29). The molecule has 0 saturated carbocycles. The first-order valence-corrected chi connectivity index (χ1v) is 9.84. The number of rotatable bonds is 6. The van der Waals surface area contributed by atoms with Crippen LogP contribution in [0.15, 0.2) is 72.9 Å². The summed E-state index contributed by atoms with van der Waals surface area (Å²) in [6.45, 7) is 1.96. The lowest BCUT2D eigenvalue weighted by atomic mass is 10.1. The average Bonchev–Trinajstić information content (AvgIpc) is 2.79. The molecule has 6 heteroatoms. The van der Waals surface area contributed by atoms with E-state index in [0.29, 0.717) is 22.8 Å². The smallest absolute Gasteiger partial charge is 0.257 e. The number of pyridine rings is 1. The highest BCUT2D eigenvalue weighted by molar-refractivity contribution is 6.14. The summed E-state index contributed by atoms with van der Waals surface area (Å²) in [7, 11) is 3.21. The summed E-state index contributed by atoms with van der Waals surface area (Å²) in [5.74, 6) is 1.76. The van der Waals surface area contributed by atoms with Gasteiger partial charge in [-0.3, -0.25) is 4.79 Å². The summed E-state index contributed by atoms with van der Waals surface area (Å²) in [6.07, 6.45) is 1.59. The van der Waals surface area contributed by atoms with Gasteiger partial charge in [-0.2, -0.15) is 0 Å². The van der Waals surface area contributed by atoms with Crippen molar-refractivity contribution in [3.05, 3.63) is 84.1 Å². The summed E-state index contributed by atoms with van der Waals surface area (Å²) in [5, 5.41) is 7.91. The van der Waals surface area contributed by atoms with Gasteiger partial charge in [-0.1, -0.05) is 36.4 Å². The Morgan fingerprint density at radius 1 is 0.903 bits per heavy atom. The van der Waals surface area contributed by atoms with Gasteiger partial charge >= 0.3 is 0 Å². The number of fused-ring (bicyclic) bond motifs is 1. The maximum Gasteiger partial charge on any atom is 0.257 e. The third-order valence-electron chi connectivity index (χ3n) is 4.98. The van der Waals surface area contributed by atoms with Gasteiger partial charge in [-0.25, -0.2) is 4.98 Å². The number of methoxy groups -OCH3 is 2. The molecular weight excluding hydrogens is 390 g/mol. The highest BCUT2D eigenvalue weighted by Gasteiger charge is 2.16. The van der Waals surface area contributed by atoms with E-state index in [-0.39, 0.29) is 5.91 Å². The van der Waals surface area contributed by atoms with Crippen molar-refractivity contribution in [1.82, 2.24) is 4.98 Å². The molecule has 1 amide bonds. The molecule has 2 N–H and O–H groups in total. The van der Waals surface area contributed by atoms with Crippen molar-refractivity contribution in [3.63, 3.8) is 0 Å². The van der Waals surface area contributed by atoms with E-state index in [1.54, 1.807) is 20.4 Å². The van der Waals surface area contributed by atoms with Crippen molar-refractivity contribution in [1.29, 1.82) is 0 Å². The first-order chi connectivity index (χ1) is 15.1. The molecule has 0 aliphatic heterocycles. The molecule has 0 bridgehead atoms. The Bertz CT molecular complexity index is 1250. The van der Waals surface area contributed by atoms with E-state index in [1.165, 1.54) is 0 Å². The van der Waals surface area contributed by atoms with Crippen molar-refractivity contribution in [2.75, 3.05) is 24.9 Å². The van der Waals surface area contributed by atoms with E-state index in [0.717, 1.165) is 27.8 Å². The third kappa shape index (κ3) is 4.28. The topological polar surface area (TPSA) is 72.5 Å². The number of aryl methyl sites for hydroxylation is 1. The van der Waals surface area contributed by atoms with E-state index in [9.17, 15) is 4.79 Å². The zero-order chi connectivity index (χ0) is 21.8. The van der Waals surface area contributed by atoms with Crippen molar-refractivity contribution in [3.8, 4) is 11.5 Å². The lowest BCUT2D eigenvalue weighted by molar-refractivity contribution is 0.102. The number of carbonyl (C=O) groups is 1. The van der Waals surface area contributed by atoms with Gasteiger partial charge < -0.3 is 20.1 Å². The number of hydrogen-bond acceptors (Lipinski definition) is 5. The van der Waals surface area contributed by atoms with Crippen molar-refractivity contribution < 1.29 is 14.3 Å². The van der Waals surface area contributed by atoms with E-state index in [4.69, 9.17) is 9.47 Å². The summed E-state index contributed by atoms with van der Waals surface area (Å²) in [6, 6.07) is 20.9. The number of nitrogens with one attached hydrogen (secondary N) is 2. The predicted molar refractivity (Wildman–Crippen MR) is 124 cm³/mol. The van der Waals surface area contributed by atoms with Crippen LogP contribution in [0, 0.1) is 6.92 Å². The maximum atomic E-state index is 13.1. The second kappa shape index (κ2) is 8.75. The first-order valence-electron chi connectivity index (χ1n) is 9.84. The van der Waals surface area contributed by atoms with Crippen LogP contribution in [-0.4, -0.2) is 25.1 Å². The van der Waals surface area contributed by atoms with Gasteiger partial charge in [0.1, 0.15) is 17.3 Å². The van der Waals surface area contributed by atoms with Crippen LogP contribution >= 0.6 is 0 Å². The average molecular weight is 413 g/mol. The fourth-order valence-corrected chi connectivity index (χ4v) is 3.42. The van der Waals surface area contributed by atoms with Crippen LogP contribution in [-0.2, 0) is 0 Å². The van der Waals surface area contributed by atoms with E-state index < -0.39 is 0 Å². The Balaban J connectivity index is 1.69. The maximum absolute atomic E-state index is 13.1. The Morgan fingerprint density at radius 2 is 1.71 bits per heavy atom. The number of nitrogens with zero attached hydrogens (tertiary/aromatic N) is 1.